The summed E-state index contributed by atoms with van der Waals surface area (Å²) < 4.78 is 27.9. The number of fused-ring (bicyclic) bond motifs is 1. The van der Waals surface area contributed by atoms with Crippen molar-refractivity contribution in [1.29, 1.82) is 0 Å². The van der Waals surface area contributed by atoms with Gasteiger partial charge < -0.3 is 5.32 Å². The number of hydrogen-bond donors (Lipinski definition) is 2. The first-order valence-corrected chi connectivity index (χ1v) is 9.76. The van der Waals surface area contributed by atoms with Crippen molar-refractivity contribution in [3.8, 4) is 0 Å². The second kappa shape index (κ2) is 6.61. The van der Waals surface area contributed by atoms with E-state index in [0.717, 1.165) is 35.6 Å². The van der Waals surface area contributed by atoms with E-state index in [1.807, 2.05) is 11.6 Å². The monoisotopic (exact) mass is 362 g/mol. The minimum atomic E-state index is -3.47. The van der Waals surface area contributed by atoms with Gasteiger partial charge in [-0.05, 0) is 38.1 Å². The van der Waals surface area contributed by atoms with Crippen molar-refractivity contribution in [2.45, 2.75) is 44.0 Å². The van der Waals surface area contributed by atoms with Crippen molar-refractivity contribution in [3.05, 3.63) is 41.1 Å². The molecule has 3 rings (SSSR count). The van der Waals surface area contributed by atoms with Crippen molar-refractivity contribution in [1.82, 2.24) is 14.5 Å². The van der Waals surface area contributed by atoms with Gasteiger partial charge >= 0.3 is 0 Å². The molecule has 2 N–H and O–H groups in total. The van der Waals surface area contributed by atoms with Gasteiger partial charge in [0.15, 0.2) is 0 Å². The number of hydrogen-bond acceptors (Lipinski definition) is 4. The van der Waals surface area contributed by atoms with Crippen molar-refractivity contribution >= 4 is 21.7 Å². The molecule has 1 atom stereocenters. The molecule has 1 aliphatic heterocycles. The van der Waals surface area contributed by atoms with Gasteiger partial charge in [-0.15, -0.1) is 0 Å². The van der Waals surface area contributed by atoms with Crippen molar-refractivity contribution in [3.63, 3.8) is 0 Å². The Morgan fingerprint density at radius 3 is 2.60 bits per heavy atom. The summed E-state index contributed by atoms with van der Waals surface area (Å²) in [6.07, 6.45) is 1.24. The molecule has 1 amide bonds. The fourth-order valence-corrected chi connectivity index (χ4v) is 4.00. The van der Waals surface area contributed by atoms with Crippen LogP contribution in [-0.2, 0) is 21.4 Å². The van der Waals surface area contributed by atoms with Gasteiger partial charge in [0.2, 0.25) is 15.9 Å². The molecule has 1 aliphatic rings. The largest absolute Gasteiger partial charge is 0.311 e. The van der Waals surface area contributed by atoms with E-state index in [9.17, 15) is 13.2 Å². The van der Waals surface area contributed by atoms with Gasteiger partial charge in [0.05, 0.1) is 10.6 Å². The summed E-state index contributed by atoms with van der Waals surface area (Å²) in [5, 5.41) is 7.49. The zero-order valence-electron chi connectivity index (χ0n) is 14.5. The van der Waals surface area contributed by atoms with E-state index in [-0.39, 0.29) is 16.7 Å². The molecule has 134 valence electrons. The predicted molar refractivity (Wildman–Crippen MR) is 95.0 cm³/mol. The van der Waals surface area contributed by atoms with Crippen LogP contribution in [0.2, 0.25) is 0 Å². The van der Waals surface area contributed by atoms with Crippen molar-refractivity contribution in [2.24, 2.45) is 0 Å². The molecule has 0 bridgehead atoms. The van der Waals surface area contributed by atoms with Gasteiger partial charge in [0.1, 0.15) is 5.82 Å². The van der Waals surface area contributed by atoms with Crippen LogP contribution in [0, 0.1) is 6.92 Å². The summed E-state index contributed by atoms with van der Waals surface area (Å²) in [5.41, 5.74) is 2.81. The summed E-state index contributed by atoms with van der Waals surface area (Å²) in [6.45, 7) is 4.74. The van der Waals surface area contributed by atoms with E-state index in [4.69, 9.17) is 0 Å². The molecular formula is C17H22N4O3S. The van der Waals surface area contributed by atoms with E-state index in [1.165, 1.54) is 7.05 Å². The lowest BCUT2D eigenvalue weighted by atomic mass is 9.86. The lowest BCUT2D eigenvalue weighted by Gasteiger charge is -2.24. The molecule has 7 nitrogen and oxygen atoms in total. The number of aromatic nitrogens is 2. The third kappa shape index (κ3) is 3.19. The van der Waals surface area contributed by atoms with Crippen LogP contribution in [-0.4, -0.2) is 31.2 Å². The molecule has 0 aliphatic carbocycles. The van der Waals surface area contributed by atoms with Crippen LogP contribution in [0.15, 0.2) is 29.2 Å². The Bertz CT molecular complexity index is 901. The third-order valence-corrected chi connectivity index (χ3v) is 5.90. The zero-order valence-corrected chi connectivity index (χ0v) is 15.4. The number of nitrogens with zero attached hydrogens (tertiary/aromatic N) is 2. The normalized spacial score (nSPS) is 17.2. The Labute approximate surface area is 147 Å². The number of benzene rings is 1. The van der Waals surface area contributed by atoms with Crippen LogP contribution in [0.25, 0.3) is 0 Å². The van der Waals surface area contributed by atoms with Gasteiger partial charge in [-0.3, -0.25) is 4.79 Å². The number of rotatable bonds is 5. The quantitative estimate of drug-likeness (QED) is 0.851. The molecule has 8 heteroatoms. The average molecular weight is 362 g/mol. The molecule has 2 heterocycles. The number of sulfonamides is 1. The maximum atomic E-state index is 12.2. The Balaban J connectivity index is 2.03. The minimum Gasteiger partial charge on any atom is -0.311 e. The minimum absolute atomic E-state index is 0.0540. The zero-order chi connectivity index (χ0) is 18.2. The summed E-state index contributed by atoms with van der Waals surface area (Å²) in [7, 11) is -2.09. The number of amides is 1. The highest BCUT2D eigenvalue weighted by Crippen LogP contribution is 2.39. The number of aryl methyl sites for hydroxylation is 2. The number of carbonyl (C=O) groups is 1. The van der Waals surface area contributed by atoms with Crippen LogP contribution >= 0.6 is 0 Å². The molecule has 1 unspecified atom stereocenters. The number of carbonyl (C=O) groups excluding carboxylic acids is 1. The van der Waals surface area contributed by atoms with Gasteiger partial charge in [0.25, 0.3) is 0 Å². The van der Waals surface area contributed by atoms with Crippen LogP contribution in [0.4, 0.5) is 5.82 Å². The third-order valence-electron chi connectivity index (χ3n) is 4.47. The lowest BCUT2D eigenvalue weighted by molar-refractivity contribution is -0.116. The molecule has 0 saturated heterocycles. The highest BCUT2D eigenvalue weighted by molar-refractivity contribution is 7.89. The average Bonchev–Trinajstić information content (AvgIpc) is 2.90. The Morgan fingerprint density at radius 1 is 1.32 bits per heavy atom. The summed E-state index contributed by atoms with van der Waals surface area (Å²) >= 11 is 0. The fraction of sp³-hybridized carbons (Fsp3) is 0.412. The SMILES string of the molecule is CCCn1nc(C)c2c1NC(=O)CC2c1ccc(S(=O)(=O)NC)cc1. The van der Waals surface area contributed by atoms with E-state index in [0.29, 0.717) is 6.42 Å². The van der Waals surface area contributed by atoms with E-state index < -0.39 is 10.0 Å². The Morgan fingerprint density at radius 2 is 2.00 bits per heavy atom. The van der Waals surface area contributed by atoms with Crippen LogP contribution < -0.4 is 10.0 Å². The van der Waals surface area contributed by atoms with E-state index in [1.54, 1.807) is 24.3 Å². The Hall–Kier alpha value is -2.19. The molecule has 25 heavy (non-hydrogen) atoms. The molecule has 0 radical (unpaired) electrons. The van der Waals surface area contributed by atoms with Crippen LogP contribution in [0.3, 0.4) is 0 Å². The lowest BCUT2D eigenvalue weighted by Crippen LogP contribution is -2.25. The number of anilines is 1. The molecule has 0 fully saturated rings. The maximum absolute atomic E-state index is 12.2. The molecule has 2 aromatic rings. The first kappa shape index (κ1) is 17.6. The predicted octanol–water partition coefficient (Wildman–Crippen LogP) is 1.98. The Kier molecular flexibility index (Phi) is 4.66. The standard InChI is InChI=1S/C17H22N4O3S/c1-4-9-21-17-16(11(2)20-21)14(10-15(22)19-17)12-5-7-13(8-6-12)25(23,24)18-3/h5-8,14,18H,4,9-10H2,1-3H3,(H,19,22). The highest BCUT2D eigenvalue weighted by atomic mass is 32.2. The number of nitrogens with one attached hydrogen (secondary N) is 2. The summed E-state index contributed by atoms with van der Waals surface area (Å²) in [6, 6.07) is 6.68. The molecule has 1 aromatic heterocycles. The topological polar surface area (TPSA) is 93.1 Å². The first-order valence-electron chi connectivity index (χ1n) is 8.28. The molecule has 1 aromatic carbocycles. The van der Waals surface area contributed by atoms with Crippen LogP contribution in [0.5, 0.6) is 0 Å². The van der Waals surface area contributed by atoms with Crippen LogP contribution in [0.1, 0.15) is 42.5 Å². The second-order valence-electron chi connectivity index (χ2n) is 6.15. The molecular weight excluding hydrogens is 340 g/mol. The molecule has 0 saturated carbocycles. The van der Waals surface area contributed by atoms with Gasteiger partial charge in [-0.1, -0.05) is 19.1 Å². The fourth-order valence-electron chi connectivity index (χ4n) is 3.27. The molecule has 0 spiro atoms. The summed E-state index contributed by atoms with van der Waals surface area (Å²) in [4.78, 5) is 12.4. The maximum Gasteiger partial charge on any atom is 0.240 e. The van der Waals surface area contributed by atoms with Gasteiger partial charge in [0, 0.05) is 24.4 Å². The van der Waals surface area contributed by atoms with Crippen molar-refractivity contribution < 1.29 is 13.2 Å². The highest BCUT2D eigenvalue weighted by Gasteiger charge is 2.32. The second-order valence-corrected chi connectivity index (χ2v) is 8.04. The van der Waals surface area contributed by atoms with E-state index in [2.05, 4.69) is 22.1 Å². The van der Waals surface area contributed by atoms with E-state index >= 15 is 0 Å². The van der Waals surface area contributed by atoms with Gasteiger partial charge in [-0.25, -0.2) is 17.8 Å². The van der Waals surface area contributed by atoms with Gasteiger partial charge in [-0.2, -0.15) is 5.10 Å². The smallest absolute Gasteiger partial charge is 0.240 e. The summed E-state index contributed by atoms with van der Waals surface area (Å²) in [5.74, 6) is 0.579. The first-order chi connectivity index (χ1) is 11.9. The van der Waals surface area contributed by atoms with Crippen molar-refractivity contribution in [2.75, 3.05) is 12.4 Å².